The molecule has 1 N–H and O–H groups in total. The predicted octanol–water partition coefficient (Wildman–Crippen LogP) is 3.74. The van der Waals surface area contributed by atoms with E-state index >= 15 is 0 Å². The molecule has 0 amide bonds. The molecule has 1 aromatic carbocycles. The van der Waals surface area contributed by atoms with Crippen LogP contribution in [0.2, 0.25) is 0 Å². The van der Waals surface area contributed by atoms with E-state index < -0.39 is 0 Å². The van der Waals surface area contributed by atoms with E-state index in [1.165, 1.54) is 15.6 Å². The van der Waals surface area contributed by atoms with Crippen LogP contribution in [0.5, 0.6) is 5.75 Å². The van der Waals surface area contributed by atoms with Crippen molar-refractivity contribution >= 4 is 27.9 Å². The lowest BCUT2D eigenvalue weighted by Gasteiger charge is -2.11. The Hall–Kier alpha value is -2.18. The van der Waals surface area contributed by atoms with Crippen molar-refractivity contribution in [3.8, 4) is 5.75 Å². The van der Waals surface area contributed by atoms with Gasteiger partial charge < -0.3 is 14.8 Å². The smallest absolute Gasteiger partial charge is 0.121 e. The molecule has 0 unspecified atom stereocenters. The van der Waals surface area contributed by atoms with Crippen molar-refractivity contribution in [2.45, 2.75) is 26.4 Å². The number of anilines is 1. The highest BCUT2D eigenvalue weighted by atomic mass is 32.1. The fourth-order valence-electron chi connectivity index (χ4n) is 3.10. The maximum absolute atomic E-state index is 5.50. The summed E-state index contributed by atoms with van der Waals surface area (Å²) in [5.74, 6) is 0.826. The largest absolute Gasteiger partial charge is 0.497 e. The van der Waals surface area contributed by atoms with E-state index in [9.17, 15) is 0 Å². The van der Waals surface area contributed by atoms with Gasteiger partial charge in [0, 0.05) is 42.2 Å². The number of nitrogens with zero attached hydrogens (tertiary/aromatic N) is 2. The minimum atomic E-state index is 0.719. The summed E-state index contributed by atoms with van der Waals surface area (Å²) in [6.07, 6.45) is 1.85. The zero-order chi connectivity index (χ0) is 17.2. The van der Waals surface area contributed by atoms with E-state index in [0.717, 1.165) is 60.6 Å². The van der Waals surface area contributed by atoms with E-state index in [4.69, 9.17) is 14.5 Å². The van der Waals surface area contributed by atoms with Crippen molar-refractivity contribution in [2.75, 3.05) is 25.6 Å². The second kappa shape index (κ2) is 6.98. The van der Waals surface area contributed by atoms with Crippen molar-refractivity contribution in [2.24, 2.45) is 0 Å². The van der Waals surface area contributed by atoms with Gasteiger partial charge in [-0.3, -0.25) is 4.98 Å². The molecule has 6 heteroatoms. The first-order valence-electron chi connectivity index (χ1n) is 8.47. The molecule has 0 saturated heterocycles. The summed E-state index contributed by atoms with van der Waals surface area (Å²) in [6, 6.07) is 8.10. The molecule has 0 aliphatic carbocycles. The number of aryl methyl sites for hydroxylation is 1. The lowest BCUT2D eigenvalue weighted by atomic mass is 10.1. The molecule has 0 fully saturated rings. The summed E-state index contributed by atoms with van der Waals surface area (Å²) in [6.45, 7) is 4.37. The van der Waals surface area contributed by atoms with Gasteiger partial charge in [-0.2, -0.15) is 0 Å². The number of fused-ring (bicyclic) bond motifs is 2. The summed E-state index contributed by atoms with van der Waals surface area (Å²) < 4.78 is 10.8. The van der Waals surface area contributed by atoms with Crippen LogP contribution in [0.1, 0.15) is 21.3 Å². The number of hydrogen-bond acceptors (Lipinski definition) is 6. The van der Waals surface area contributed by atoms with Gasteiger partial charge >= 0.3 is 0 Å². The van der Waals surface area contributed by atoms with Gasteiger partial charge in [-0.25, -0.2) is 4.98 Å². The third-order valence-electron chi connectivity index (χ3n) is 4.34. The Morgan fingerprint density at radius 1 is 1.28 bits per heavy atom. The monoisotopic (exact) mass is 355 g/mol. The molecular formula is C19H21N3O2S. The second-order valence-electron chi connectivity index (χ2n) is 6.15. The molecule has 0 bridgehead atoms. The average Bonchev–Trinajstić information content (AvgIpc) is 3.03. The van der Waals surface area contributed by atoms with E-state index in [1.54, 1.807) is 18.4 Å². The number of nitrogens with one attached hydrogen (secondary N) is 1. The SMILES string of the molecule is COc1ccc2c(NCCc3nc4c(s3)COCC4)cc(C)nc2c1. The molecule has 2 aromatic heterocycles. The molecule has 1 aliphatic heterocycles. The van der Waals surface area contributed by atoms with Crippen LogP contribution in [0.25, 0.3) is 10.9 Å². The van der Waals surface area contributed by atoms with Crippen LogP contribution in [0.4, 0.5) is 5.69 Å². The Balaban J connectivity index is 1.49. The van der Waals surface area contributed by atoms with Crippen LogP contribution in [0, 0.1) is 6.92 Å². The zero-order valence-electron chi connectivity index (χ0n) is 14.5. The lowest BCUT2D eigenvalue weighted by molar-refractivity contribution is 0.112. The van der Waals surface area contributed by atoms with Gasteiger partial charge in [0.05, 0.1) is 41.4 Å². The minimum absolute atomic E-state index is 0.719. The van der Waals surface area contributed by atoms with Gasteiger partial charge in [0.25, 0.3) is 0 Å². The molecule has 4 rings (SSSR count). The molecular weight excluding hydrogens is 334 g/mol. The zero-order valence-corrected chi connectivity index (χ0v) is 15.3. The number of benzene rings is 1. The van der Waals surface area contributed by atoms with Crippen molar-refractivity contribution < 1.29 is 9.47 Å². The summed E-state index contributed by atoms with van der Waals surface area (Å²) in [5, 5.41) is 5.84. The molecule has 130 valence electrons. The Labute approximate surface area is 151 Å². The molecule has 5 nitrogen and oxygen atoms in total. The molecule has 0 radical (unpaired) electrons. The molecule has 3 heterocycles. The molecule has 0 atom stereocenters. The average molecular weight is 355 g/mol. The first-order valence-corrected chi connectivity index (χ1v) is 9.29. The first kappa shape index (κ1) is 16.3. The number of hydrogen-bond donors (Lipinski definition) is 1. The van der Waals surface area contributed by atoms with Crippen LogP contribution in [0.3, 0.4) is 0 Å². The quantitative estimate of drug-likeness (QED) is 0.756. The van der Waals surface area contributed by atoms with Gasteiger partial charge in [-0.15, -0.1) is 11.3 Å². The molecule has 3 aromatic rings. The minimum Gasteiger partial charge on any atom is -0.497 e. The fourth-order valence-corrected chi connectivity index (χ4v) is 4.16. The second-order valence-corrected chi connectivity index (χ2v) is 7.32. The van der Waals surface area contributed by atoms with Crippen LogP contribution in [-0.4, -0.2) is 30.2 Å². The molecule has 25 heavy (non-hydrogen) atoms. The van der Waals surface area contributed by atoms with Crippen LogP contribution in [-0.2, 0) is 24.2 Å². The van der Waals surface area contributed by atoms with Gasteiger partial charge in [0.2, 0.25) is 0 Å². The van der Waals surface area contributed by atoms with Gasteiger partial charge in [0.1, 0.15) is 5.75 Å². The third kappa shape index (κ3) is 3.45. The number of methoxy groups -OCH3 is 1. The van der Waals surface area contributed by atoms with Crippen molar-refractivity contribution in [1.82, 2.24) is 9.97 Å². The van der Waals surface area contributed by atoms with Gasteiger partial charge in [0.15, 0.2) is 0 Å². The maximum atomic E-state index is 5.50. The number of thiazole rings is 1. The van der Waals surface area contributed by atoms with Crippen molar-refractivity contribution in [3.05, 3.63) is 45.5 Å². The molecule has 1 aliphatic rings. The number of pyridine rings is 1. The summed E-state index contributed by atoms with van der Waals surface area (Å²) in [5.41, 5.74) is 4.27. The number of aromatic nitrogens is 2. The lowest BCUT2D eigenvalue weighted by Crippen LogP contribution is -2.08. The fraction of sp³-hybridized carbons (Fsp3) is 0.368. The standard InChI is InChI=1S/C19H21N3O2S/c1-12-9-16(14-4-3-13(23-2)10-17(14)21-12)20-7-5-19-22-15-6-8-24-11-18(15)25-19/h3-4,9-10H,5-8,11H2,1-2H3,(H,20,21). The number of ether oxygens (including phenoxy) is 2. The highest BCUT2D eigenvalue weighted by Crippen LogP contribution is 2.27. The molecule has 0 spiro atoms. The Bertz CT molecular complexity index is 884. The highest BCUT2D eigenvalue weighted by Gasteiger charge is 2.15. The van der Waals surface area contributed by atoms with Gasteiger partial charge in [-0.1, -0.05) is 0 Å². The van der Waals surface area contributed by atoms with E-state index in [2.05, 4.69) is 22.4 Å². The normalized spacial score (nSPS) is 13.7. The molecule has 0 saturated carbocycles. The Morgan fingerprint density at radius 3 is 3.04 bits per heavy atom. The van der Waals surface area contributed by atoms with E-state index in [1.807, 2.05) is 19.1 Å². The topological polar surface area (TPSA) is 56.3 Å². The summed E-state index contributed by atoms with van der Waals surface area (Å²) in [4.78, 5) is 10.7. The predicted molar refractivity (Wildman–Crippen MR) is 101 cm³/mol. The third-order valence-corrected chi connectivity index (χ3v) is 5.47. The van der Waals surface area contributed by atoms with Crippen molar-refractivity contribution in [3.63, 3.8) is 0 Å². The summed E-state index contributed by atoms with van der Waals surface area (Å²) >= 11 is 1.78. The highest BCUT2D eigenvalue weighted by molar-refractivity contribution is 7.11. The van der Waals surface area contributed by atoms with E-state index in [-0.39, 0.29) is 0 Å². The first-order chi connectivity index (χ1) is 12.2. The van der Waals surface area contributed by atoms with Crippen LogP contribution in [0.15, 0.2) is 24.3 Å². The maximum Gasteiger partial charge on any atom is 0.121 e. The van der Waals surface area contributed by atoms with Crippen molar-refractivity contribution in [1.29, 1.82) is 0 Å². The number of rotatable bonds is 5. The van der Waals surface area contributed by atoms with Gasteiger partial charge in [-0.05, 0) is 25.1 Å². The Kier molecular flexibility index (Phi) is 4.55. The summed E-state index contributed by atoms with van der Waals surface area (Å²) in [7, 11) is 1.68. The van der Waals surface area contributed by atoms with Crippen LogP contribution >= 0.6 is 11.3 Å². The van der Waals surface area contributed by atoms with E-state index in [0.29, 0.717) is 0 Å². The van der Waals surface area contributed by atoms with Crippen LogP contribution < -0.4 is 10.1 Å². The Morgan fingerprint density at radius 2 is 2.20 bits per heavy atom.